The number of carbonyl (C=O) groups excluding carboxylic acids is 3. The number of amides is 3. The fourth-order valence-corrected chi connectivity index (χ4v) is 2.68. The molecule has 0 atom stereocenters. The van der Waals surface area contributed by atoms with Crippen molar-refractivity contribution in [3.05, 3.63) is 65.2 Å². The normalized spacial score (nSPS) is 13.8. The van der Waals surface area contributed by atoms with Gasteiger partial charge in [0.15, 0.2) is 0 Å². The maximum atomic E-state index is 12.2. The van der Waals surface area contributed by atoms with E-state index in [1.165, 1.54) is 12.1 Å². The van der Waals surface area contributed by atoms with Crippen LogP contribution in [0.4, 0.5) is 5.69 Å². The second-order valence-electron chi connectivity index (χ2n) is 5.85. The van der Waals surface area contributed by atoms with E-state index in [9.17, 15) is 19.2 Å². The van der Waals surface area contributed by atoms with Gasteiger partial charge in [-0.3, -0.25) is 19.3 Å². The van der Waals surface area contributed by atoms with E-state index in [4.69, 9.17) is 5.11 Å². The highest BCUT2D eigenvalue weighted by Crippen LogP contribution is 2.22. The quantitative estimate of drug-likeness (QED) is 0.801. The van der Waals surface area contributed by atoms with Crippen LogP contribution < -0.4 is 10.2 Å². The number of benzene rings is 2. The Labute approximate surface area is 149 Å². The van der Waals surface area contributed by atoms with E-state index in [0.717, 1.165) is 10.5 Å². The molecule has 2 N–H and O–H groups in total. The molecule has 0 saturated carbocycles. The molecule has 1 fully saturated rings. The molecule has 1 aliphatic heterocycles. The first-order valence-corrected chi connectivity index (χ1v) is 8.02. The number of anilines is 1. The summed E-state index contributed by atoms with van der Waals surface area (Å²) >= 11 is 0. The third-order valence-corrected chi connectivity index (χ3v) is 4.09. The van der Waals surface area contributed by atoms with Crippen molar-refractivity contribution in [2.45, 2.75) is 19.4 Å². The van der Waals surface area contributed by atoms with Crippen LogP contribution in [0.2, 0.25) is 0 Å². The van der Waals surface area contributed by atoms with Gasteiger partial charge >= 0.3 is 5.97 Å². The molecule has 1 saturated heterocycles. The van der Waals surface area contributed by atoms with Crippen LogP contribution in [0.5, 0.6) is 0 Å². The lowest BCUT2D eigenvalue weighted by Gasteiger charge is -2.14. The summed E-state index contributed by atoms with van der Waals surface area (Å²) in [5.41, 5.74) is 1.81. The van der Waals surface area contributed by atoms with E-state index >= 15 is 0 Å². The number of aromatic carboxylic acids is 1. The second kappa shape index (κ2) is 7.18. The number of carbonyl (C=O) groups is 4. The molecule has 26 heavy (non-hydrogen) atoms. The zero-order valence-corrected chi connectivity index (χ0v) is 13.8. The van der Waals surface area contributed by atoms with Gasteiger partial charge in [0.05, 0.1) is 11.3 Å². The Kier molecular flexibility index (Phi) is 4.79. The summed E-state index contributed by atoms with van der Waals surface area (Å²) in [7, 11) is 0. The summed E-state index contributed by atoms with van der Waals surface area (Å²) < 4.78 is 0. The van der Waals surface area contributed by atoms with Gasteiger partial charge < -0.3 is 10.4 Å². The molecule has 0 spiro atoms. The number of hydrogen-bond donors (Lipinski definition) is 2. The van der Waals surface area contributed by atoms with Gasteiger partial charge in [-0.25, -0.2) is 4.79 Å². The maximum Gasteiger partial charge on any atom is 0.335 e. The number of nitrogens with zero attached hydrogens (tertiary/aromatic N) is 1. The van der Waals surface area contributed by atoms with Gasteiger partial charge in [-0.1, -0.05) is 12.1 Å². The molecule has 0 aliphatic carbocycles. The highest BCUT2D eigenvalue weighted by atomic mass is 16.4. The first kappa shape index (κ1) is 17.3. The minimum atomic E-state index is -1.00. The van der Waals surface area contributed by atoms with E-state index in [1.807, 2.05) is 0 Å². The number of imide groups is 1. The van der Waals surface area contributed by atoms with Crippen molar-refractivity contribution in [1.82, 2.24) is 5.32 Å². The summed E-state index contributed by atoms with van der Waals surface area (Å²) in [6.45, 7) is 0.254. The Morgan fingerprint density at radius 3 is 1.96 bits per heavy atom. The molecule has 7 heteroatoms. The second-order valence-corrected chi connectivity index (χ2v) is 5.85. The molecule has 0 aromatic heterocycles. The van der Waals surface area contributed by atoms with E-state index in [0.29, 0.717) is 11.3 Å². The summed E-state index contributed by atoms with van der Waals surface area (Å²) in [5, 5.41) is 11.6. The molecule has 2 aromatic carbocycles. The van der Waals surface area contributed by atoms with Gasteiger partial charge in [0, 0.05) is 24.9 Å². The Morgan fingerprint density at radius 2 is 1.42 bits per heavy atom. The first-order chi connectivity index (χ1) is 12.5. The fraction of sp³-hybridized carbons (Fsp3) is 0.158. The molecular formula is C19H16N2O5. The van der Waals surface area contributed by atoms with Crippen LogP contribution in [0.15, 0.2) is 48.5 Å². The number of carboxylic acids is 1. The number of carboxylic acid groups (broad SMARTS) is 1. The molecule has 0 unspecified atom stereocenters. The van der Waals surface area contributed by atoms with Crippen molar-refractivity contribution >= 4 is 29.4 Å². The van der Waals surface area contributed by atoms with Gasteiger partial charge in [-0.2, -0.15) is 0 Å². The number of hydrogen-bond acceptors (Lipinski definition) is 4. The summed E-state index contributed by atoms with van der Waals surface area (Å²) in [4.78, 5) is 47.6. The topological polar surface area (TPSA) is 104 Å². The first-order valence-electron chi connectivity index (χ1n) is 8.02. The number of rotatable bonds is 5. The minimum Gasteiger partial charge on any atom is -0.478 e. The van der Waals surface area contributed by atoms with Crippen LogP contribution in [0.1, 0.15) is 39.1 Å². The minimum absolute atomic E-state index is 0.182. The van der Waals surface area contributed by atoms with E-state index in [2.05, 4.69) is 5.32 Å². The van der Waals surface area contributed by atoms with E-state index in [-0.39, 0.29) is 42.7 Å². The Morgan fingerprint density at radius 1 is 0.885 bits per heavy atom. The maximum absolute atomic E-state index is 12.2. The lowest BCUT2D eigenvalue weighted by molar-refractivity contribution is -0.121. The average Bonchev–Trinajstić information content (AvgIpc) is 2.98. The Balaban J connectivity index is 1.62. The molecule has 7 nitrogen and oxygen atoms in total. The van der Waals surface area contributed by atoms with Crippen LogP contribution in [0.3, 0.4) is 0 Å². The SMILES string of the molecule is O=C(O)c1ccc(CNC(=O)c2ccc(N3C(=O)CCC3=O)cc2)cc1. The van der Waals surface area contributed by atoms with Crippen molar-refractivity contribution < 1.29 is 24.3 Å². The van der Waals surface area contributed by atoms with Crippen molar-refractivity contribution in [3.8, 4) is 0 Å². The molecular weight excluding hydrogens is 336 g/mol. The number of nitrogens with one attached hydrogen (secondary N) is 1. The van der Waals surface area contributed by atoms with Crippen LogP contribution in [0.25, 0.3) is 0 Å². The van der Waals surface area contributed by atoms with Gasteiger partial charge in [-0.15, -0.1) is 0 Å². The third kappa shape index (κ3) is 3.61. The van der Waals surface area contributed by atoms with Crippen LogP contribution in [-0.2, 0) is 16.1 Å². The molecule has 3 rings (SSSR count). The van der Waals surface area contributed by atoms with Gasteiger partial charge in [0.1, 0.15) is 0 Å². The predicted octanol–water partition coefficient (Wildman–Crippen LogP) is 1.97. The average molecular weight is 352 g/mol. The summed E-state index contributed by atoms with van der Waals surface area (Å²) in [6.07, 6.45) is 0.420. The molecule has 1 heterocycles. The van der Waals surface area contributed by atoms with Crippen LogP contribution >= 0.6 is 0 Å². The lowest BCUT2D eigenvalue weighted by Crippen LogP contribution is -2.28. The Hall–Kier alpha value is -3.48. The van der Waals surface area contributed by atoms with Crippen molar-refractivity contribution in [3.63, 3.8) is 0 Å². The molecule has 1 aliphatic rings. The van der Waals surface area contributed by atoms with Gasteiger partial charge in [-0.05, 0) is 42.0 Å². The zero-order valence-electron chi connectivity index (χ0n) is 13.8. The van der Waals surface area contributed by atoms with E-state index in [1.54, 1.807) is 36.4 Å². The smallest absolute Gasteiger partial charge is 0.335 e. The van der Waals surface area contributed by atoms with Crippen molar-refractivity contribution in [1.29, 1.82) is 0 Å². The molecule has 0 bridgehead atoms. The van der Waals surface area contributed by atoms with Crippen LogP contribution in [-0.4, -0.2) is 28.8 Å². The molecule has 2 aromatic rings. The third-order valence-electron chi connectivity index (χ3n) is 4.09. The highest BCUT2D eigenvalue weighted by Gasteiger charge is 2.30. The summed E-state index contributed by atoms with van der Waals surface area (Å²) in [6, 6.07) is 12.5. The largest absolute Gasteiger partial charge is 0.478 e. The van der Waals surface area contributed by atoms with E-state index < -0.39 is 5.97 Å². The van der Waals surface area contributed by atoms with Gasteiger partial charge in [0.25, 0.3) is 5.91 Å². The van der Waals surface area contributed by atoms with Gasteiger partial charge in [0.2, 0.25) is 11.8 Å². The molecule has 0 radical (unpaired) electrons. The fourth-order valence-electron chi connectivity index (χ4n) is 2.68. The zero-order chi connectivity index (χ0) is 18.7. The Bertz CT molecular complexity index is 856. The van der Waals surface area contributed by atoms with Crippen LogP contribution in [0, 0.1) is 0 Å². The lowest BCUT2D eigenvalue weighted by atomic mass is 10.1. The molecule has 3 amide bonds. The molecule has 132 valence electrons. The predicted molar refractivity (Wildman–Crippen MR) is 92.7 cm³/mol. The van der Waals surface area contributed by atoms with Crippen molar-refractivity contribution in [2.75, 3.05) is 4.90 Å². The highest BCUT2D eigenvalue weighted by molar-refractivity contribution is 6.19. The summed E-state index contributed by atoms with van der Waals surface area (Å²) in [5.74, 6) is -1.79. The van der Waals surface area contributed by atoms with Crippen molar-refractivity contribution in [2.24, 2.45) is 0 Å². The standard InChI is InChI=1S/C19H16N2O5/c22-16-9-10-17(23)21(16)15-7-5-13(6-8-15)18(24)20-11-12-1-3-14(4-2-12)19(25)26/h1-8H,9-11H2,(H,20,24)(H,25,26). The monoisotopic (exact) mass is 352 g/mol.